The van der Waals surface area contributed by atoms with Crippen molar-refractivity contribution in [1.29, 1.82) is 0 Å². The minimum atomic E-state index is -0.595. The lowest BCUT2D eigenvalue weighted by molar-refractivity contribution is 0.0988. The van der Waals surface area contributed by atoms with Gasteiger partial charge in [-0.15, -0.1) is 0 Å². The van der Waals surface area contributed by atoms with E-state index in [4.69, 9.17) is 4.74 Å². The second-order valence-electron chi connectivity index (χ2n) is 4.41. The number of carbonyl (C=O) groups excluding carboxylic acids is 1. The van der Waals surface area contributed by atoms with Crippen molar-refractivity contribution >= 4 is 5.78 Å². The topological polar surface area (TPSA) is 26.3 Å². The normalized spacial score (nSPS) is 10.3. The maximum Gasteiger partial charge on any atom is 0.175 e. The quantitative estimate of drug-likeness (QED) is 0.784. The zero-order valence-corrected chi connectivity index (χ0v) is 10.9. The Morgan fingerprint density at radius 3 is 2.63 bits per heavy atom. The van der Waals surface area contributed by atoms with Crippen molar-refractivity contribution in [3.05, 3.63) is 65.0 Å². The number of rotatable bonds is 4. The van der Waals surface area contributed by atoms with E-state index in [0.29, 0.717) is 0 Å². The van der Waals surface area contributed by atoms with Crippen LogP contribution in [0.5, 0.6) is 5.75 Å². The van der Waals surface area contributed by atoms with Gasteiger partial charge in [0.2, 0.25) is 0 Å². The summed E-state index contributed by atoms with van der Waals surface area (Å²) in [5, 5.41) is 0. The fourth-order valence-electron chi connectivity index (χ4n) is 1.99. The Bertz CT molecular complexity index is 605. The molecule has 98 valence electrons. The average molecular weight is 258 g/mol. The van der Waals surface area contributed by atoms with Gasteiger partial charge in [0.25, 0.3) is 0 Å². The van der Waals surface area contributed by atoms with Crippen LogP contribution in [0.1, 0.15) is 21.5 Å². The summed E-state index contributed by atoms with van der Waals surface area (Å²) < 4.78 is 18.8. The first kappa shape index (κ1) is 13.3. The van der Waals surface area contributed by atoms with Gasteiger partial charge in [0.1, 0.15) is 0 Å². The first-order valence-electron chi connectivity index (χ1n) is 6.03. The SMILES string of the molecule is COc1cccc(C(=O)Cc2cccc(C)c2)c1F. The molecule has 0 radical (unpaired) electrons. The van der Waals surface area contributed by atoms with Gasteiger partial charge in [-0.05, 0) is 24.6 Å². The molecule has 0 spiro atoms. The molecule has 0 aliphatic heterocycles. The van der Waals surface area contributed by atoms with E-state index in [0.717, 1.165) is 11.1 Å². The Hall–Kier alpha value is -2.16. The highest BCUT2D eigenvalue weighted by Crippen LogP contribution is 2.21. The molecule has 0 heterocycles. The highest BCUT2D eigenvalue weighted by molar-refractivity contribution is 5.98. The van der Waals surface area contributed by atoms with Crippen LogP contribution < -0.4 is 4.74 Å². The number of benzene rings is 2. The van der Waals surface area contributed by atoms with Gasteiger partial charge >= 0.3 is 0 Å². The van der Waals surface area contributed by atoms with Crippen LogP contribution in [0.15, 0.2) is 42.5 Å². The first-order chi connectivity index (χ1) is 9.11. The number of halogens is 1. The van der Waals surface area contributed by atoms with E-state index < -0.39 is 5.82 Å². The predicted molar refractivity (Wildman–Crippen MR) is 72.2 cm³/mol. The van der Waals surface area contributed by atoms with E-state index in [1.54, 1.807) is 6.07 Å². The van der Waals surface area contributed by atoms with Crippen LogP contribution in [0.4, 0.5) is 4.39 Å². The molecule has 0 saturated heterocycles. The molecular formula is C16H15FO2. The molecule has 2 aromatic carbocycles. The summed E-state index contributed by atoms with van der Waals surface area (Å²) in [4.78, 5) is 12.1. The van der Waals surface area contributed by atoms with E-state index in [1.807, 2.05) is 31.2 Å². The van der Waals surface area contributed by atoms with E-state index in [1.165, 1.54) is 19.2 Å². The number of ketones is 1. The molecule has 2 aromatic rings. The van der Waals surface area contributed by atoms with E-state index >= 15 is 0 Å². The molecule has 0 saturated carbocycles. The molecule has 0 unspecified atom stereocenters. The second-order valence-corrected chi connectivity index (χ2v) is 4.41. The molecule has 0 bridgehead atoms. The standard InChI is InChI=1S/C16H15FO2/c1-11-5-3-6-12(9-11)10-14(18)13-7-4-8-15(19-2)16(13)17/h3-9H,10H2,1-2H3. The van der Waals surface area contributed by atoms with Gasteiger partial charge in [-0.1, -0.05) is 35.9 Å². The Labute approximate surface area is 111 Å². The third-order valence-electron chi connectivity index (χ3n) is 2.93. The van der Waals surface area contributed by atoms with Crippen molar-refractivity contribution in [2.75, 3.05) is 7.11 Å². The summed E-state index contributed by atoms with van der Waals surface area (Å²) in [5.74, 6) is -0.750. The van der Waals surface area contributed by atoms with Gasteiger partial charge in [-0.2, -0.15) is 0 Å². The van der Waals surface area contributed by atoms with Crippen LogP contribution in [0.2, 0.25) is 0 Å². The zero-order valence-electron chi connectivity index (χ0n) is 10.9. The molecule has 0 aromatic heterocycles. The smallest absolute Gasteiger partial charge is 0.175 e. The molecule has 0 amide bonds. The Kier molecular flexibility index (Phi) is 3.95. The van der Waals surface area contributed by atoms with Crippen LogP contribution in [0.3, 0.4) is 0 Å². The molecule has 0 fully saturated rings. The summed E-state index contributed by atoms with van der Waals surface area (Å²) >= 11 is 0. The van der Waals surface area contributed by atoms with Crippen LogP contribution in [0, 0.1) is 12.7 Å². The van der Waals surface area contributed by atoms with Gasteiger partial charge in [-0.25, -0.2) is 4.39 Å². The van der Waals surface area contributed by atoms with Crippen LogP contribution in [-0.4, -0.2) is 12.9 Å². The Morgan fingerprint density at radius 1 is 1.21 bits per heavy atom. The zero-order chi connectivity index (χ0) is 13.8. The fourth-order valence-corrected chi connectivity index (χ4v) is 1.99. The number of methoxy groups -OCH3 is 1. The molecule has 0 aliphatic carbocycles. The van der Waals surface area contributed by atoms with Gasteiger partial charge in [0, 0.05) is 6.42 Å². The molecule has 19 heavy (non-hydrogen) atoms. The third kappa shape index (κ3) is 2.99. The summed E-state index contributed by atoms with van der Waals surface area (Å²) in [6, 6.07) is 12.2. The molecule has 0 N–H and O–H groups in total. The van der Waals surface area contributed by atoms with Crippen molar-refractivity contribution in [3.63, 3.8) is 0 Å². The first-order valence-corrected chi connectivity index (χ1v) is 6.03. The summed E-state index contributed by atoms with van der Waals surface area (Å²) in [6.45, 7) is 1.96. The van der Waals surface area contributed by atoms with E-state index in [9.17, 15) is 9.18 Å². The molecule has 2 nitrogen and oxygen atoms in total. The van der Waals surface area contributed by atoms with Crippen LogP contribution in [-0.2, 0) is 6.42 Å². The number of aryl methyl sites for hydroxylation is 1. The summed E-state index contributed by atoms with van der Waals surface area (Å²) in [5.41, 5.74) is 2.03. The van der Waals surface area contributed by atoms with Crippen molar-refractivity contribution in [2.24, 2.45) is 0 Å². The van der Waals surface area contributed by atoms with Crippen molar-refractivity contribution in [3.8, 4) is 5.75 Å². The Balaban J connectivity index is 2.25. The van der Waals surface area contributed by atoms with Gasteiger partial charge in [-0.3, -0.25) is 4.79 Å². The highest BCUT2D eigenvalue weighted by atomic mass is 19.1. The van der Waals surface area contributed by atoms with Crippen molar-refractivity contribution in [2.45, 2.75) is 13.3 Å². The van der Waals surface area contributed by atoms with Crippen LogP contribution >= 0.6 is 0 Å². The summed E-state index contributed by atoms with van der Waals surface area (Å²) in [6.07, 6.45) is 0.186. The third-order valence-corrected chi connectivity index (χ3v) is 2.93. The molecular weight excluding hydrogens is 243 g/mol. The maximum atomic E-state index is 14.0. The number of hydrogen-bond donors (Lipinski definition) is 0. The predicted octanol–water partition coefficient (Wildman–Crippen LogP) is 3.57. The maximum absolute atomic E-state index is 14.0. The average Bonchev–Trinajstić information content (AvgIpc) is 2.39. The summed E-state index contributed by atoms with van der Waals surface area (Å²) in [7, 11) is 1.38. The highest BCUT2D eigenvalue weighted by Gasteiger charge is 2.15. The molecule has 0 aliphatic rings. The fraction of sp³-hybridized carbons (Fsp3) is 0.188. The number of Topliss-reactive ketones (excluding diaryl/α,β-unsaturated/α-hetero) is 1. The van der Waals surface area contributed by atoms with Gasteiger partial charge < -0.3 is 4.74 Å². The largest absolute Gasteiger partial charge is 0.494 e. The van der Waals surface area contributed by atoms with E-state index in [2.05, 4.69) is 0 Å². The number of carbonyl (C=O) groups is 1. The lowest BCUT2D eigenvalue weighted by atomic mass is 10.0. The second kappa shape index (κ2) is 5.65. The minimum Gasteiger partial charge on any atom is -0.494 e. The molecule has 0 atom stereocenters. The molecule has 2 rings (SSSR count). The van der Waals surface area contributed by atoms with Crippen molar-refractivity contribution < 1.29 is 13.9 Å². The lowest BCUT2D eigenvalue weighted by Gasteiger charge is -2.07. The van der Waals surface area contributed by atoms with E-state index in [-0.39, 0.29) is 23.5 Å². The van der Waals surface area contributed by atoms with Crippen molar-refractivity contribution in [1.82, 2.24) is 0 Å². The Morgan fingerprint density at radius 2 is 1.95 bits per heavy atom. The molecule has 3 heteroatoms. The number of hydrogen-bond acceptors (Lipinski definition) is 2. The monoisotopic (exact) mass is 258 g/mol. The minimum absolute atomic E-state index is 0.0702. The number of ether oxygens (including phenoxy) is 1. The lowest BCUT2D eigenvalue weighted by Crippen LogP contribution is -2.07. The van der Waals surface area contributed by atoms with Gasteiger partial charge in [0.15, 0.2) is 17.3 Å². The van der Waals surface area contributed by atoms with Crippen LogP contribution in [0.25, 0.3) is 0 Å². The van der Waals surface area contributed by atoms with Gasteiger partial charge in [0.05, 0.1) is 12.7 Å².